The zero-order chi connectivity index (χ0) is 26.8. The maximum atomic E-state index is 12.0. The molecule has 5 rings (SSSR count). The zero-order valence-corrected chi connectivity index (χ0v) is 22.9. The first-order valence-electron chi connectivity index (χ1n) is 11.9. The van der Waals surface area contributed by atoms with Crippen LogP contribution in [-0.2, 0) is 4.79 Å². The van der Waals surface area contributed by atoms with Crippen LogP contribution in [0, 0.1) is 0 Å². The van der Waals surface area contributed by atoms with Crippen LogP contribution in [0.15, 0.2) is 77.3 Å². The van der Waals surface area contributed by atoms with E-state index in [1.165, 1.54) is 0 Å². The van der Waals surface area contributed by atoms with E-state index in [9.17, 15) is 4.79 Å². The van der Waals surface area contributed by atoms with Gasteiger partial charge in [-0.25, -0.2) is 0 Å². The Morgan fingerprint density at radius 2 is 1.97 bits per heavy atom. The number of hydrogen-bond donors (Lipinski definition) is 2. The molecule has 1 aliphatic heterocycles. The number of benzene rings is 2. The van der Waals surface area contributed by atoms with Crippen molar-refractivity contribution in [2.24, 2.45) is 0 Å². The number of amides is 1. The van der Waals surface area contributed by atoms with E-state index in [0.29, 0.717) is 44.5 Å². The number of methoxy groups -OCH3 is 1. The maximum absolute atomic E-state index is 12.0. The predicted octanol–water partition coefficient (Wildman–Crippen LogP) is 7.18. The number of carbonyl (C=O) groups excluding carboxylic acids is 1. The number of pyridine rings is 1. The Kier molecular flexibility index (Phi) is 7.56. The second-order valence-electron chi connectivity index (χ2n) is 8.61. The third kappa shape index (κ3) is 5.07. The van der Waals surface area contributed by atoms with Crippen molar-refractivity contribution in [2.75, 3.05) is 17.3 Å². The predicted molar refractivity (Wildman–Crippen MR) is 154 cm³/mol. The van der Waals surface area contributed by atoms with E-state index in [-0.39, 0.29) is 18.0 Å². The van der Waals surface area contributed by atoms with Crippen LogP contribution in [0.2, 0.25) is 10.0 Å². The number of nitrogens with one attached hydrogen (secondary N) is 2. The van der Waals surface area contributed by atoms with Crippen LogP contribution in [-0.4, -0.2) is 23.1 Å². The molecule has 2 N–H and O–H groups in total. The summed E-state index contributed by atoms with van der Waals surface area (Å²) < 4.78 is 12.0. The molecular weight excluding hydrogens is 543 g/mol. The second-order valence-corrected chi connectivity index (χ2v) is 9.81. The number of carbonyl (C=O) groups is 1. The highest BCUT2D eigenvalue weighted by molar-refractivity contribution is 7.80. The molecule has 4 aromatic rings. The molecule has 1 fully saturated rings. The number of halogens is 2. The van der Waals surface area contributed by atoms with Gasteiger partial charge in [-0.05, 0) is 66.8 Å². The van der Waals surface area contributed by atoms with Crippen molar-refractivity contribution >= 4 is 57.8 Å². The summed E-state index contributed by atoms with van der Waals surface area (Å²) in [6, 6.07) is 19.8. The first-order chi connectivity index (χ1) is 18.4. The molecule has 3 heterocycles. The standard InChI is InChI=1S/C28H24Cl2N4O3S/c1-3-25(35)32-20-10-8-17(15-24(20)36-2)34-27(26(33-28(34)38)21-6-4-5-13-31-21)23-12-11-22(37-23)16-7-9-18(29)19(30)14-16/h4-15,26-27H,3H2,1-2H3,(H,32,35)(H,33,38)/t26-,27-/m1/s1. The summed E-state index contributed by atoms with van der Waals surface area (Å²) >= 11 is 18.2. The molecule has 1 amide bonds. The van der Waals surface area contributed by atoms with Crippen LogP contribution >= 0.6 is 35.4 Å². The van der Waals surface area contributed by atoms with Gasteiger partial charge in [-0.15, -0.1) is 0 Å². The molecule has 2 aromatic heterocycles. The Morgan fingerprint density at radius 1 is 1.13 bits per heavy atom. The molecule has 0 aliphatic carbocycles. The summed E-state index contributed by atoms with van der Waals surface area (Å²) in [7, 11) is 1.56. The SMILES string of the molecule is CCC(=O)Nc1ccc(N2C(=S)N[C@H](c3ccccn3)[C@H]2c2ccc(-c3ccc(Cl)c(Cl)c3)o2)cc1OC. The molecule has 194 valence electrons. The van der Waals surface area contributed by atoms with Gasteiger partial charge in [0.15, 0.2) is 5.11 Å². The van der Waals surface area contributed by atoms with Gasteiger partial charge in [0.2, 0.25) is 5.91 Å². The summed E-state index contributed by atoms with van der Waals surface area (Å²) in [6.07, 6.45) is 2.11. The maximum Gasteiger partial charge on any atom is 0.224 e. The number of nitrogens with zero attached hydrogens (tertiary/aromatic N) is 2. The molecule has 1 aliphatic rings. The molecule has 38 heavy (non-hydrogen) atoms. The summed E-state index contributed by atoms with van der Waals surface area (Å²) in [5, 5.41) is 7.70. The molecule has 10 heteroatoms. The van der Waals surface area contributed by atoms with Gasteiger partial charge in [0.25, 0.3) is 0 Å². The van der Waals surface area contributed by atoms with Crippen molar-refractivity contribution in [1.82, 2.24) is 10.3 Å². The molecular formula is C28H24Cl2N4O3S. The highest BCUT2D eigenvalue weighted by atomic mass is 35.5. The van der Waals surface area contributed by atoms with Crippen molar-refractivity contribution in [3.63, 3.8) is 0 Å². The lowest BCUT2D eigenvalue weighted by molar-refractivity contribution is -0.115. The van der Waals surface area contributed by atoms with Gasteiger partial charge < -0.3 is 24.7 Å². The lowest BCUT2D eigenvalue weighted by Crippen LogP contribution is -2.29. The molecule has 0 spiro atoms. The number of hydrogen-bond acceptors (Lipinski definition) is 5. The van der Waals surface area contributed by atoms with Crippen molar-refractivity contribution in [3.8, 4) is 17.1 Å². The Bertz CT molecular complexity index is 1490. The molecule has 2 aromatic carbocycles. The van der Waals surface area contributed by atoms with Crippen LogP contribution in [0.1, 0.15) is 36.9 Å². The number of thiocarbonyl (C=S) groups is 1. The lowest BCUT2D eigenvalue weighted by atomic mass is 10.0. The van der Waals surface area contributed by atoms with E-state index in [2.05, 4.69) is 15.6 Å². The molecule has 0 bridgehead atoms. The van der Waals surface area contributed by atoms with Crippen molar-refractivity contribution in [1.29, 1.82) is 0 Å². The number of ether oxygens (including phenoxy) is 1. The van der Waals surface area contributed by atoms with E-state index in [1.54, 1.807) is 38.4 Å². The quantitative estimate of drug-likeness (QED) is 0.229. The van der Waals surface area contributed by atoms with Crippen LogP contribution in [0.3, 0.4) is 0 Å². The minimum Gasteiger partial charge on any atom is -0.494 e. The van der Waals surface area contributed by atoms with E-state index in [4.69, 9.17) is 44.6 Å². The largest absolute Gasteiger partial charge is 0.494 e. The number of rotatable bonds is 7. The average Bonchev–Trinajstić information content (AvgIpc) is 3.55. The minimum atomic E-state index is -0.366. The van der Waals surface area contributed by atoms with Gasteiger partial charge >= 0.3 is 0 Å². The van der Waals surface area contributed by atoms with Gasteiger partial charge in [0.1, 0.15) is 23.3 Å². The minimum absolute atomic E-state index is 0.104. The third-order valence-electron chi connectivity index (χ3n) is 6.28. The summed E-state index contributed by atoms with van der Waals surface area (Å²) in [4.78, 5) is 18.5. The molecule has 0 radical (unpaired) electrons. The van der Waals surface area contributed by atoms with E-state index in [0.717, 1.165) is 16.9 Å². The number of anilines is 2. The van der Waals surface area contributed by atoms with Crippen LogP contribution < -0.4 is 20.3 Å². The van der Waals surface area contributed by atoms with Crippen LogP contribution in [0.25, 0.3) is 11.3 Å². The molecule has 2 atom stereocenters. The first-order valence-corrected chi connectivity index (χ1v) is 13.1. The number of furan rings is 1. The highest BCUT2D eigenvalue weighted by Crippen LogP contribution is 2.44. The Balaban J connectivity index is 1.58. The summed E-state index contributed by atoms with van der Waals surface area (Å²) in [5.74, 6) is 1.73. The van der Waals surface area contributed by atoms with Crippen LogP contribution in [0.4, 0.5) is 11.4 Å². The number of aromatic nitrogens is 1. The van der Waals surface area contributed by atoms with E-state index < -0.39 is 0 Å². The normalized spacial score (nSPS) is 16.8. The molecule has 7 nitrogen and oxygen atoms in total. The monoisotopic (exact) mass is 566 g/mol. The van der Waals surface area contributed by atoms with Crippen molar-refractivity contribution in [3.05, 3.63) is 94.4 Å². The van der Waals surface area contributed by atoms with E-state index in [1.807, 2.05) is 53.4 Å². The fourth-order valence-electron chi connectivity index (χ4n) is 4.41. The third-order valence-corrected chi connectivity index (χ3v) is 7.33. The fraction of sp³-hybridized carbons (Fsp3) is 0.179. The zero-order valence-electron chi connectivity index (χ0n) is 20.6. The lowest BCUT2D eigenvalue weighted by Gasteiger charge is -2.27. The van der Waals surface area contributed by atoms with Gasteiger partial charge in [0, 0.05) is 29.9 Å². The van der Waals surface area contributed by atoms with Crippen LogP contribution in [0.5, 0.6) is 5.75 Å². The fourth-order valence-corrected chi connectivity index (χ4v) is 5.05. The van der Waals surface area contributed by atoms with Gasteiger partial charge in [-0.2, -0.15) is 0 Å². The van der Waals surface area contributed by atoms with Gasteiger partial charge in [-0.1, -0.05) is 36.2 Å². The Labute approximate surface area is 235 Å². The first kappa shape index (κ1) is 26.0. The Morgan fingerprint density at radius 3 is 2.68 bits per heavy atom. The van der Waals surface area contributed by atoms with Gasteiger partial charge in [0.05, 0.1) is 34.6 Å². The van der Waals surface area contributed by atoms with Gasteiger partial charge in [-0.3, -0.25) is 9.78 Å². The molecule has 0 saturated carbocycles. The summed E-state index contributed by atoms with van der Waals surface area (Å²) in [5.41, 5.74) is 2.97. The van der Waals surface area contributed by atoms with Crippen molar-refractivity contribution < 1.29 is 13.9 Å². The topological polar surface area (TPSA) is 79.6 Å². The smallest absolute Gasteiger partial charge is 0.224 e. The summed E-state index contributed by atoms with van der Waals surface area (Å²) in [6.45, 7) is 1.79. The van der Waals surface area contributed by atoms with Crippen molar-refractivity contribution in [2.45, 2.75) is 25.4 Å². The molecule has 0 unspecified atom stereocenters. The highest BCUT2D eigenvalue weighted by Gasteiger charge is 2.42. The average molecular weight is 567 g/mol. The second kappa shape index (κ2) is 11.0. The Hall–Kier alpha value is -3.59. The van der Waals surface area contributed by atoms with E-state index >= 15 is 0 Å². The molecule has 1 saturated heterocycles.